The van der Waals surface area contributed by atoms with Crippen LogP contribution >= 0.6 is 0 Å². The maximum absolute atomic E-state index is 14.2. The fourth-order valence-corrected chi connectivity index (χ4v) is 9.97. The second kappa shape index (κ2) is 21.7. The van der Waals surface area contributed by atoms with Crippen molar-refractivity contribution >= 4 is 40.7 Å². The summed E-state index contributed by atoms with van der Waals surface area (Å²) >= 11 is 0. The van der Waals surface area contributed by atoms with Crippen LogP contribution in [0.3, 0.4) is 0 Å². The highest BCUT2D eigenvalue weighted by atomic mass is 19.1. The molecule has 0 radical (unpaired) electrons. The molecule has 0 aromatic heterocycles. The van der Waals surface area contributed by atoms with Gasteiger partial charge in [-0.25, -0.2) is 4.39 Å². The summed E-state index contributed by atoms with van der Waals surface area (Å²) in [4.78, 5) is 66.0. The highest BCUT2D eigenvalue weighted by molar-refractivity contribution is 5.99. The second-order valence-electron chi connectivity index (χ2n) is 17.7. The number of amides is 4. The number of nitrogens with one attached hydrogen (secondary N) is 2. The Morgan fingerprint density at radius 2 is 1.05 bits per heavy atom. The molecule has 12 heteroatoms. The van der Waals surface area contributed by atoms with Crippen LogP contribution in [0.2, 0.25) is 0 Å². The average molecular weight is 892 g/mol. The minimum Gasteiger partial charge on any atom is -0.363 e. The standard InChI is InChI=1S/C54H62FN7O4/c1-3-58(4-2)49(41-15-7-5-8-16-41)53(65)61-35-13-19-47(61)51(63)56-44-27-21-39(22-28-44)37-60(46-31-25-43(55)26-32-46)38-40-23-29-45(30-24-40)57-52(64)48-20-14-36-62(48)54(66)50(59-33-11-12-34-59)42-17-9-6-10-18-42/h5-10,15-18,21-32,47-50H,3-4,11-14,19-20,33-38H2,1-2H3,(H,56,63)(H,57,64). The molecule has 3 aliphatic rings. The van der Waals surface area contributed by atoms with E-state index in [2.05, 4.69) is 39.2 Å². The van der Waals surface area contributed by atoms with Gasteiger partial charge in [-0.3, -0.25) is 29.0 Å². The van der Waals surface area contributed by atoms with Gasteiger partial charge in [0, 0.05) is 43.2 Å². The first-order chi connectivity index (χ1) is 32.2. The van der Waals surface area contributed by atoms with E-state index in [1.165, 1.54) is 12.1 Å². The minimum atomic E-state index is -0.563. The van der Waals surface area contributed by atoms with Gasteiger partial charge < -0.3 is 25.3 Å². The molecule has 4 atom stereocenters. The molecule has 2 N–H and O–H groups in total. The van der Waals surface area contributed by atoms with Crippen molar-refractivity contribution in [3.05, 3.63) is 162 Å². The molecule has 66 heavy (non-hydrogen) atoms. The van der Waals surface area contributed by atoms with Crippen molar-refractivity contribution in [3.63, 3.8) is 0 Å². The monoisotopic (exact) mass is 891 g/mol. The van der Waals surface area contributed by atoms with Crippen LogP contribution in [0, 0.1) is 5.82 Å². The Labute approximate surface area is 388 Å². The lowest BCUT2D eigenvalue weighted by molar-refractivity contribution is -0.141. The van der Waals surface area contributed by atoms with Crippen LogP contribution in [0.15, 0.2) is 133 Å². The molecule has 4 unspecified atom stereocenters. The molecule has 0 saturated carbocycles. The zero-order valence-corrected chi connectivity index (χ0v) is 38.2. The highest BCUT2D eigenvalue weighted by Gasteiger charge is 2.41. The Hall–Kier alpha value is -6.37. The van der Waals surface area contributed by atoms with Gasteiger partial charge in [0.25, 0.3) is 0 Å². The van der Waals surface area contributed by atoms with Crippen LogP contribution < -0.4 is 15.5 Å². The molecule has 344 valence electrons. The fraction of sp³-hybridized carbons (Fsp3) is 0.370. The summed E-state index contributed by atoms with van der Waals surface area (Å²) in [6, 6.07) is 39.6. The quantitative estimate of drug-likeness (QED) is 0.0962. The number of hydrogen-bond acceptors (Lipinski definition) is 7. The van der Waals surface area contributed by atoms with Crippen LogP contribution in [0.5, 0.6) is 0 Å². The van der Waals surface area contributed by atoms with Crippen molar-refractivity contribution < 1.29 is 23.6 Å². The normalized spacial score (nSPS) is 18.3. The molecule has 3 aliphatic heterocycles. The number of likely N-dealkylation sites (tertiary alicyclic amines) is 3. The molecule has 8 rings (SSSR count). The van der Waals surface area contributed by atoms with E-state index in [-0.39, 0.29) is 29.4 Å². The van der Waals surface area contributed by atoms with Crippen molar-refractivity contribution in [3.8, 4) is 0 Å². The number of nitrogens with zero attached hydrogens (tertiary/aromatic N) is 5. The van der Waals surface area contributed by atoms with Gasteiger partial charge in [0.15, 0.2) is 0 Å². The third-order valence-corrected chi connectivity index (χ3v) is 13.4. The molecule has 11 nitrogen and oxygen atoms in total. The minimum absolute atomic E-state index is 0.0104. The van der Waals surface area contributed by atoms with Crippen molar-refractivity contribution in [2.75, 3.05) is 54.8 Å². The van der Waals surface area contributed by atoms with Crippen molar-refractivity contribution in [2.24, 2.45) is 0 Å². The summed E-state index contributed by atoms with van der Waals surface area (Å²) in [6.45, 7) is 9.36. The van der Waals surface area contributed by atoms with Crippen LogP contribution in [-0.2, 0) is 32.3 Å². The number of halogens is 1. The Kier molecular flexibility index (Phi) is 15.2. The molecule has 0 bridgehead atoms. The molecule has 3 heterocycles. The van der Waals surface area contributed by atoms with Crippen LogP contribution in [0.1, 0.15) is 86.7 Å². The SMILES string of the molecule is CCN(CC)C(C(=O)N1CCCC1C(=O)Nc1ccc(CN(Cc2ccc(NC(=O)C3CCCN3C(=O)C(c3ccccc3)N3CCCC3)cc2)c2ccc(F)cc2)cc1)c1ccccc1. The lowest BCUT2D eigenvalue weighted by atomic mass is 10.0. The second-order valence-corrected chi connectivity index (χ2v) is 17.7. The van der Waals surface area contributed by atoms with E-state index < -0.39 is 24.2 Å². The first kappa shape index (κ1) is 46.2. The maximum Gasteiger partial charge on any atom is 0.247 e. The predicted molar refractivity (Wildman–Crippen MR) is 258 cm³/mol. The Bertz CT molecular complexity index is 2260. The third-order valence-electron chi connectivity index (χ3n) is 13.4. The number of likely N-dealkylation sites (N-methyl/N-ethyl adjacent to an activating group) is 1. The van der Waals surface area contributed by atoms with Gasteiger partial charge in [-0.2, -0.15) is 0 Å². The summed E-state index contributed by atoms with van der Waals surface area (Å²) in [6.07, 6.45) is 4.87. The lowest BCUT2D eigenvalue weighted by Gasteiger charge is -2.34. The van der Waals surface area contributed by atoms with Gasteiger partial charge in [0.05, 0.1) is 0 Å². The highest BCUT2D eigenvalue weighted by Crippen LogP contribution is 2.32. The van der Waals surface area contributed by atoms with Gasteiger partial charge in [0.2, 0.25) is 23.6 Å². The van der Waals surface area contributed by atoms with E-state index in [4.69, 9.17) is 0 Å². The van der Waals surface area contributed by atoms with Crippen LogP contribution in [0.4, 0.5) is 21.5 Å². The lowest BCUT2D eigenvalue weighted by Crippen LogP contribution is -2.48. The molecular weight excluding hydrogens is 830 g/mol. The summed E-state index contributed by atoms with van der Waals surface area (Å²) in [5.41, 5.74) is 5.99. The third kappa shape index (κ3) is 10.8. The summed E-state index contributed by atoms with van der Waals surface area (Å²) < 4.78 is 14.1. The average Bonchev–Trinajstić information content (AvgIpc) is 4.17. The van der Waals surface area contributed by atoms with Crippen molar-refractivity contribution in [2.45, 2.75) is 89.6 Å². The van der Waals surface area contributed by atoms with E-state index in [9.17, 15) is 23.6 Å². The van der Waals surface area contributed by atoms with Crippen LogP contribution in [0.25, 0.3) is 0 Å². The smallest absolute Gasteiger partial charge is 0.247 e. The van der Waals surface area contributed by atoms with Crippen molar-refractivity contribution in [1.29, 1.82) is 0 Å². The van der Waals surface area contributed by atoms with E-state index >= 15 is 0 Å². The number of rotatable bonds is 17. The first-order valence-corrected chi connectivity index (χ1v) is 23.7. The van der Waals surface area contributed by atoms with Gasteiger partial charge in [0.1, 0.15) is 30.0 Å². The number of hydrogen-bond donors (Lipinski definition) is 2. The topological polar surface area (TPSA) is 109 Å². The maximum atomic E-state index is 14.2. The zero-order valence-electron chi connectivity index (χ0n) is 38.2. The van der Waals surface area contributed by atoms with E-state index in [1.54, 1.807) is 21.9 Å². The summed E-state index contributed by atoms with van der Waals surface area (Å²) in [7, 11) is 0. The first-order valence-electron chi connectivity index (χ1n) is 23.7. The summed E-state index contributed by atoms with van der Waals surface area (Å²) in [5.74, 6) is -0.762. The van der Waals surface area contributed by atoms with Crippen LogP contribution in [-0.4, -0.2) is 94.6 Å². The van der Waals surface area contributed by atoms with Gasteiger partial charge in [-0.05, 0) is 135 Å². The molecule has 3 fully saturated rings. The van der Waals surface area contributed by atoms with E-state index in [0.717, 1.165) is 66.7 Å². The Morgan fingerprint density at radius 3 is 1.53 bits per heavy atom. The van der Waals surface area contributed by atoms with Gasteiger partial charge in [-0.15, -0.1) is 0 Å². The molecule has 4 amide bonds. The number of benzene rings is 5. The Morgan fingerprint density at radius 1 is 0.576 bits per heavy atom. The van der Waals surface area contributed by atoms with Gasteiger partial charge >= 0.3 is 0 Å². The van der Waals surface area contributed by atoms with Gasteiger partial charge in [-0.1, -0.05) is 98.8 Å². The molecular formula is C54H62FN7O4. The molecule has 0 aliphatic carbocycles. The fourth-order valence-electron chi connectivity index (χ4n) is 9.97. The molecule has 5 aromatic carbocycles. The number of carbonyl (C=O) groups is 4. The Balaban J connectivity index is 0.902. The zero-order chi connectivity index (χ0) is 46.0. The van der Waals surface area contributed by atoms with Crippen molar-refractivity contribution in [1.82, 2.24) is 19.6 Å². The number of anilines is 3. The summed E-state index contributed by atoms with van der Waals surface area (Å²) in [5, 5.41) is 6.16. The van der Waals surface area contributed by atoms with E-state index in [0.29, 0.717) is 63.5 Å². The number of carbonyl (C=O) groups excluding carboxylic acids is 4. The molecule has 5 aromatic rings. The molecule has 3 saturated heterocycles. The van der Waals surface area contributed by atoms with E-state index in [1.807, 2.05) is 109 Å². The predicted octanol–water partition coefficient (Wildman–Crippen LogP) is 8.81. The largest absolute Gasteiger partial charge is 0.363 e. The molecule has 0 spiro atoms.